The molecule has 3 aliphatic rings. The molecule has 222 valence electrons. The Morgan fingerprint density at radius 2 is 1.81 bits per heavy atom. The van der Waals surface area contributed by atoms with Crippen molar-refractivity contribution in [2.75, 3.05) is 40.4 Å². The number of alkyl halides is 2. The van der Waals surface area contributed by atoms with Crippen LogP contribution >= 0.6 is 0 Å². The van der Waals surface area contributed by atoms with Gasteiger partial charge in [-0.15, -0.1) is 0 Å². The number of hydrogen-bond donors (Lipinski definition) is 4. The third-order valence-electron chi connectivity index (χ3n) is 8.81. The van der Waals surface area contributed by atoms with Gasteiger partial charge in [0, 0.05) is 31.4 Å². The highest BCUT2D eigenvalue weighted by Gasteiger charge is 2.46. The zero-order valence-electron chi connectivity index (χ0n) is 22.7. The summed E-state index contributed by atoms with van der Waals surface area (Å²) in [7, 11) is -3.79. The number of amides is 1. The number of benzene rings is 2. The molecule has 1 aromatic heterocycles. The summed E-state index contributed by atoms with van der Waals surface area (Å²) in [5.41, 5.74) is 2.32. The highest BCUT2D eigenvalue weighted by atomic mass is 32.2. The largest absolute Gasteiger partial charge is 0.395 e. The van der Waals surface area contributed by atoms with Gasteiger partial charge in [-0.1, -0.05) is 0 Å². The van der Waals surface area contributed by atoms with Crippen LogP contribution in [0.4, 0.5) is 25.8 Å². The Morgan fingerprint density at radius 1 is 1.07 bits per heavy atom. The Labute approximate surface area is 241 Å². The second-order valence-electron chi connectivity index (χ2n) is 11.5. The molecular weight excluding hydrogens is 568 g/mol. The number of nitrogens with one attached hydrogen (secondary N) is 2. The molecule has 1 atom stereocenters. The number of rotatable bonds is 7. The fraction of sp³-hybridized carbons (Fsp3) is 0.448. The summed E-state index contributed by atoms with van der Waals surface area (Å²) in [4.78, 5) is 15.8. The van der Waals surface area contributed by atoms with Crippen LogP contribution in [0.5, 0.6) is 0 Å². The lowest BCUT2D eigenvalue weighted by atomic mass is 9.93. The summed E-state index contributed by atoms with van der Waals surface area (Å²) < 4.78 is 57.2. The van der Waals surface area contributed by atoms with E-state index in [1.807, 2.05) is 0 Å². The van der Waals surface area contributed by atoms with Gasteiger partial charge in [0.05, 0.1) is 51.8 Å². The lowest BCUT2D eigenvalue weighted by molar-refractivity contribution is -0.130. The number of carbonyl (C=O) groups excluding carboxylic acids is 1. The van der Waals surface area contributed by atoms with Crippen LogP contribution in [0, 0.1) is 16.7 Å². The molecule has 0 radical (unpaired) electrons. The van der Waals surface area contributed by atoms with Gasteiger partial charge in [0.15, 0.2) is 6.10 Å². The van der Waals surface area contributed by atoms with Crippen molar-refractivity contribution in [3.63, 3.8) is 0 Å². The lowest BCUT2D eigenvalue weighted by Gasteiger charge is -2.35. The Morgan fingerprint density at radius 3 is 2.48 bits per heavy atom. The zero-order valence-corrected chi connectivity index (χ0v) is 23.6. The van der Waals surface area contributed by atoms with Gasteiger partial charge in [0.1, 0.15) is 6.07 Å². The van der Waals surface area contributed by atoms with E-state index in [-0.39, 0.29) is 23.5 Å². The summed E-state index contributed by atoms with van der Waals surface area (Å²) in [5.74, 6) is -4.28. The summed E-state index contributed by atoms with van der Waals surface area (Å²) >= 11 is 0. The first-order chi connectivity index (χ1) is 20.0. The van der Waals surface area contributed by atoms with Crippen LogP contribution < -0.4 is 14.9 Å². The fourth-order valence-corrected chi connectivity index (χ4v) is 7.00. The maximum Gasteiger partial charge on any atom is 0.280 e. The number of nitriles is 1. The van der Waals surface area contributed by atoms with Crippen LogP contribution in [0.25, 0.3) is 10.9 Å². The molecule has 13 heteroatoms. The van der Waals surface area contributed by atoms with Gasteiger partial charge in [0.2, 0.25) is 10.0 Å². The number of aliphatic hydroxyl groups excluding tert-OH is 2. The number of aromatic nitrogens is 1. The first-order valence-corrected chi connectivity index (χ1v) is 15.5. The predicted molar refractivity (Wildman–Crippen MR) is 153 cm³/mol. The van der Waals surface area contributed by atoms with E-state index in [1.165, 1.54) is 47.7 Å². The third kappa shape index (κ3) is 5.08. The van der Waals surface area contributed by atoms with Crippen molar-refractivity contribution in [3.05, 3.63) is 53.2 Å². The summed E-state index contributed by atoms with van der Waals surface area (Å²) in [6, 6.07) is 11.1. The monoisotopic (exact) mass is 599 g/mol. The first kappa shape index (κ1) is 28.4. The highest BCUT2D eigenvalue weighted by molar-refractivity contribution is 7.92. The van der Waals surface area contributed by atoms with Crippen molar-refractivity contribution in [1.29, 1.82) is 5.26 Å². The minimum Gasteiger partial charge on any atom is -0.395 e. The van der Waals surface area contributed by atoms with Crippen molar-refractivity contribution in [1.82, 2.24) is 4.57 Å². The number of piperidine rings is 1. The average molecular weight is 600 g/mol. The first-order valence-electron chi connectivity index (χ1n) is 13.9. The number of nitrogens with zero attached hydrogens (tertiary/aromatic N) is 3. The third-order valence-corrected chi connectivity index (χ3v) is 10.1. The maximum atomic E-state index is 14.3. The van der Waals surface area contributed by atoms with Gasteiger partial charge >= 0.3 is 0 Å². The van der Waals surface area contributed by atoms with E-state index in [4.69, 9.17) is 5.11 Å². The molecule has 1 aliphatic carbocycles. The molecular formula is C29H31F2N5O5S. The molecule has 1 spiro atoms. The molecule has 1 saturated heterocycles. The normalized spacial score (nSPS) is 20.6. The van der Waals surface area contributed by atoms with Crippen LogP contribution in [0.15, 0.2) is 36.4 Å². The maximum absolute atomic E-state index is 14.3. The van der Waals surface area contributed by atoms with Crippen molar-refractivity contribution in [2.45, 2.75) is 50.7 Å². The number of sulfonamides is 1. The van der Waals surface area contributed by atoms with Crippen molar-refractivity contribution < 1.29 is 32.2 Å². The quantitative estimate of drug-likeness (QED) is 0.322. The molecule has 1 unspecified atom stereocenters. The zero-order chi connectivity index (χ0) is 29.9. The molecule has 1 saturated carbocycles. The molecule has 42 heavy (non-hydrogen) atoms. The van der Waals surface area contributed by atoms with E-state index in [1.54, 1.807) is 6.07 Å². The molecule has 2 fully saturated rings. The van der Waals surface area contributed by atoms with Crippen molar-refractivity contribution in [2.24, 2.45) is 5.41 Å². The topological polar surface area (TPSA) is 148 Å². The van der Waals surface area contributed by atoms with E-state index < -0.39 is 46.7 Å². The number of hydrogen-bond acceptors (Lipinski definition) is 7. The van der Waals surface area contributed by atoms with Gasteiger partial charge in [-0.3, -0.25) is 9.52 Å². The predicted octanol–water partition coefficient (Wildman–Crippen LogP) is 3.95. The molecule has 4 N–H and O–H groups in total. The number of aliphatic hydroxyl groups is 2. The lowest BCUT2D eigenvalue weighted by Crippen LogP contribution is -2.35. The smallest absolute Gasteiger partial charge is 0.280 e. The van der Waals surface area contributed by atoms with Gasteiger partial charge in [-0.25, -0.2) is 17.2 Å². The molecule has 6 rings (SSSR count). The number of carbonyl (C=O) groups is 1. The summed E-state index contributed by atoms with van der Waals surface area (Å²) in [6.07, 6.45) is 1.68. The molecule has 3 heterocycles. The molecule has 0 bridgehead atoms. The Kier molecular flexibility index (Phi) is 6.91. The highest BCUT2D eigenvalue weighted by Crippen LogP contribution is 2.54. The second-order valence-corrected chi connectivity index (χ2v) is 13.3. The van der Waals surface area contributed by atoms with Crippen molar-refractivity contribution in [3.8, 4) is 6.07 Å². The summed E-state index contributed by atoms with van der Waals surface area (Å²) in [5, 5.41) is 32.4. The Hall–Kier alpha value is -3.73. The van der Waals surface area contributed by atoms with E-state index in [2.05, 4.69) is 21.0 Å². The van der Waals surface area contributed by atoms with E-state index in [0.717, 1.165) is 12.8 Å². The van der Waals surface area contributed by atoms with E-state index >= 15 is 0 Å². The van der Waals surface area contributed by atoms with Crippen LogP contribution in [-0.2, 0) is 16.6 Å². The standard InChI is InChI=1S/C29H31F2N5O5S/c30-29(31)9-12-36-24(26(29)38)16-21-22(4-1-18(17-32)25(21)36)33-27(39)20-3-2-19(34-42(40,41)14-13-37)15-23(20)35-10-7-28(5-6-28)8-11-35/h1-4,15-16,26,34,37-38H,5-14H2,(H,33,39). The van der Waals surface area contributed by atoms with E-state index in [0.29, 0.717) is 46.3 Å². The van der Waals surface area contributed by atoms with Crippen LogP contribution in [0.1, 0.15) is 59.8 Å². The molecule has 3 aromatic rings. The van der Waals surface area contributed by atoms with Gasteiger partial charge in [-0.05, 0) is 67.5 Å². The average Bonchev–Trinajstić information content (AvgIpc) is 3.58. The number of halogens is 2. The van der Waals surface area contributed by atoms with Crippen LogP contribution in [0.3, 0.4) is 0 Å². The van der Waals surface area contributed by atoms with Crippen LogP contribution in [-0.4, -0.2) is 60.5 Å². The second kappa shape index (κ2) is 10.2. The molecule has 2 aromatic carbocycles. The van der Waals surface area contributed by atoms with Gasteiger partial charge in [-0.2, -0.15) is 5.26 Å². The van der Waals surface area contributed by atoms with Crippen molar-refractivity contribution >= 4 is 43.9 Å². The van der Waals surface area contributed by atoms with Gasteiger partial charge in [0.25, 0.3) is 11.8 Å². The Balaban J connectivity index is 1.36. The minimum absolute atomic E-state index is 0.0259. The van der Waals surface area contributed by atoms with Crippen LogP contribution in [0.2, 0.25) is 0 Å². The fourth-order valence-electron chi connectivity index (χ4n) is 6.17. The number of fused-ring (bicyclic) bond motifs is 3. The Bertz CT molecular complexity index is 1720. The SMILES string of the molecule is N#Cc1ccc(NC(=O)c2ccc(NS(=O)(=O)CCO)cc2N2CCC3(CC2)CC3)c2cc3n(c12)CCC(F)(F)C3O. The molecule has 2 aliphatic heterocycles. The summed E-state index contributed by atoms with van der Waals surface area (Å²) in [6.45, 7) is 0.774. The minimum atomic E-state index is -3.79. The molecule has 10 nitrogen and oxygen atoms in total. The van der Waals surface area contributed by atoms with Gasteiger partial charge < -0.3 is 25.0 Å². The van der Waals surface area contributed by atoms with E-state index in [9.17, 15) is 32.4 Å². The number of aryl methyl sites for hydroxylation is 1. The molecule has 1 amide bonds. The number of anilines is 3.